The van der Waals surface area contributed by atoms with E-state index >= 15 is 0 Å². The third-order valence-electron chi connectivity index (χ3n) is 2.71. The molecule has 8 heteroatoms. The minimum absolute atomic E-state index is 0.429. The largest absolute Gasteiger partial charge is 0.535 e. The van der Waals surface area contributed by atoms with Crippen LogP contribution in [0.1, 0.15) is 6.92 Å². The zero-order valence-corrected chi connectivity index (χ0v) is 15.8. The van der Waals surface area contributed by atoms with Gasteiger partial charge < -0.3 is 8.66 Å². The van der Waals surface area contributed by atoms with E-state index in [2.05, 4.69) is 63.5 Å². The Hall–Kier alpha value is -1.55. The molecule has 0 radical (unpaired) electrons. The number of hydrogen-bond acceptors (Lipinski definition) is 5. The van der Waals surface area contributed by atoms with Gasteiger partial charge >= 0.3 is 0 Å². The predicted molar refractivity (Wildman–Crippen MR) is 91.3 cm³/mol. The molecule has 0 aliphatic rings. The van der Waals surface area contributed by atoms with Gasteiger partial charge in [-0.25, -0.2) is 9.97 Å². The summed E-state index contributed by atoms with van der Waals surface area (Å²) in [6.07, 6.45) is 3.57. The van der Waals surface area contributed by atoms with Gasteiger partial charge in [0.1, 0.15) is 5.52 Å². The fourth-order valence-corrected chi connectivity index (χ4v) is 4.09. The second-order valence-corrected chi connectivity index (χ2v) is 16.3. The Morgan fingerprint density at radius 2 is 1.81 bits per heavy atom. The van der Waals surface area contributed by atoms with Crippen molar-refractivity contribution in [3.63, 3.8) is 0 Å². The summed E-state index contributed by atoms with van der Waals surface area (Å²) in [5.41, 5.74) is 1.66. The summed E-state index contributed by atoms with van der Waals surface area (Å²) in [6, 6.07) is 0. The average molecular weight is 322 g/mol. The van der Waals surface area contributed by atoms with Crippen LogP contribution in [0, 0.1) is 0 Å². The highest BCUT2D eigenvalue weighted by atomic mass is 28.4. The average Bonchev–Trinajstić information content (AvgIpc) is 2.68. The van der Waals surface area contributed by atoms with E-state index in [4.69, 9.17) is 4.43 Å². The smallest absolute Gasteiger partial charge is 0.254 e. The zero-order valence-electron chi connectivity index (χ0n) is 13.8. The summed E-state index contributed by atoms with van der Waals surface area (Å²) >= 11 is 0. The van der Waals surface area contributed by atoms with E-state index in [1.807, 2.05) is 13.3 Å². The number of rotatable bonds is 3. The first-order valence-corrected chi connectivity index (χ1v) is 13.9. The molecule has 0 amide bonds. The van der Waals surface area contributed by atoms with Crippen molar-refractivity contribution >= 4 is 39.6 Å². The van der Waals surface area contributed by atoms with Crippen LogP contribution < -0.4 is 0 Å². The van der Waals surface area contributed by atoms with Crippen molar-refractivity contribution in [1.82, 2.24) is 19.2 Å². The highest BCUT2D eigenvalue weighted by Crippen LogP contribution is 2.18. The normalized spacial score (nSPS) is 13.8. The molecule has 114 valence electrons. The van der Waals surface area contributed by atoms with Crippen molar-refractivity contribution in [2.45, 2.75) is 46.2 Å². The van der Waals surface area contributed by atoms with Crippen LogP contribution in [0.5, 0.6) is 0 Å². The van der Waals surface area contributed by atoms with E-state index in [1.165, 1.54) is 0 Å². The molecule has 0 aliphatic heterocycles. The van der Waals surface area contributed by atoms with Crippen molar-refractivity contribution in [3.05, 3.63) is 12.5 Å². The Morgan fingerprint density at radius 1 is 1.14 bits per heavy atom. The first kappa shape index (κ1) is 15.8. The van der Waals surface area contributed by atoms with Crippen molar-refractivity contribution < 1.29 is 4.43 Å². The summed E-state index contributed by atoms with van der Waals surface area (Å²) in [4.78, 5) is 17.5. The van der Waals surface area contributed by atoms with Crippen LogP contribution in [0.25, 0.3) is 11.2 Å². The molecule has 0 aromatic carbocycles. The van der Waals surface area contributed by atoms with Crippen molar-refractivity contribution in [3.8, 4) is 0 Å². The standard InChI is InChI=1S/C13H23N5OSi2/c1-10(19-21(5,6)7)16-13-14-8-11-12(17-13)18(9-15-11)20(2,3)4/h8-9H,1-7H3/b16-10-. The predicted octanol–water partition coefficient (Wildman–Crippen LogP) is 3.41. The first-order chi connectivity index (χ1) is 9.56. The second kappa shape index (κ2) is 5.34. The van der Waals surface area contributed by atoms with Crippen LogP contribution in [-0.2, 0) is 4.43 Å². The Labute approximate surface area is 127 Å². The molecule has 0 aliphatic carbocycles. The van der Waals surface area contributed by atoms with E-state index < -0.39 is 16.6 Å². The molecule has 0 saturated carbocycles. The summed E-state index contributed by atoms with van der Waals surface area (Å²) < 4.78 is 7.99. The molecule has 0 N–H and O–H groups in total. The molecule has 2 rings (SSSR count). The maximum absolute atomic E-state index is 5.83. The highest BCUT2D eigenvalue weighted by Gasteiger charge is 2.20. The van der Waals surface area contributed by atoms with Crippen molar-refractivity contribution in [2.24, 2.45) is 4.99 Å². The van der Waals surface area contributed by atoms with Gasteiger partial charge in [-0.15, -0.1) is 0 Å². The summed E-state index contributed by atoms with van der Waals surface area (Å²) in [7, 11) is -3.21. The third-order valence-corrected chi connectivity index (χ3v) is 5.39. The van der Waals surface area contributed by atoms with Gasteiger partial charge in [-0.2, -0.15) is 9.98 Å². The van der Waals surface area contributed by atoms with Crippen LogP contribution in [0.2, 0.25) is 39.3 Å². The lowest BCUT2D eigenvalue weighted by atomic mass is 10.6. The van der Waals surface area contributed by atoms with E-state index in [0.717, 1.165) is 11.2 Å². The number of hydrogen-bond donors (Lipinski definition) is 0. The molecule has 0 bridgehead atoms. The number of fused-ring (bicyclic) bond motifs is 1. The Morgan fingerprint density at radius 3 is 2.38 bits per heavy atom. The lowest BCUT2D eigenvalue weighted by molar-refractivity contribution is 0.547. The van der Waals surface area contributed by atoms with E-state index in [-0.39, 0.29) is 0 Å². The fourth-order valence-electron chi connectivity index (χ4n) is 1.95. The molecule has 2 heterocycles. The number of nitrogens with zero attached hydrogens (tertiary/aromatic N) is 5. The minimum atomic E-state index is -1.65. The van der Waals surface area contributed by atoms with Crippen LogP contribution in [-0.4, -0.2) is 41.6 Å². The van der Waals surface area contributed by atoms with Crippen LogP contribution in [0.3, 0.4) is 0 Å². The van der Waals surface area contributed by atoms with E-state index in [0.29, 0.717) is 11.8 Å². The first-order valence-electron chi connectivity index (χ1n) is 7.01. The molecule has 0 atom stereocenters. The molecule has 0 saturated heterocycles. The van der Waals surface area contributed by atoms with Crippen LogP contribution >= 0.6 is 0 Å². The quantitative estimate of drug-likeness (QED) is 0.493. The van der Waals surface area contributed by atoms with Crippen LogP contribution in [0.15, 0.2) is 17.5 Å². The number of aliphatic imine (C=N–C) groups is 1. The monoisotopic (exact) mass is 321 g/mol. The number of aromatic nitrogens is 4. The van der Waals surface area contributed by atoms with Gasteiger partial charge in [-0.1, -0.05) is 19.6 Å². The molecular formula is C13H23N5OSi2. The van der Waals surface area contributed by atoms with Gasteiger partial charge in [-0.3, -0.25) is 0 Å². The van der Waals surface area contributed by atoms with Gasteiger partial charge in [0.05, 0.1) is 12.5 Å². The van der Waals surface area contributed by atoms with Crippen molar-refractivity contribution in [2.75, 3.05) is 0 Å². The second-order valence-electron chi connectivity index (χ2n) is 7.01. The summed E-state index contributed by atoms with van der Waals surface area (Å²) in [5.74, 6) is 1.05. The molecular weight excluding hydrogens is 298 g/mol. The molecule has 2 aromatic heterocycles. The van der Waals surface area contributed by atoms with E-state index in [9.17, 15) is 0 Å². The Bertz CT molecular complexity index is 682. The molecule has 21 heavy (non-hydrogen) atoms. The fraction of sp³-hybridized carbons (Fsp3) is 0.538. The highest BCUT2D eigenvalue weighted by molar-refractivity contribution is 6.75. The Kier molecular flexibility index (Phi) is 4.02. The third kappa shape index (κ3) is 3.97. The molecule has 2 aromatic rings. The van der Waals surface area contributed by atoms with Gasteiger partial charge in [0.15, 0.2) is 19.8 Å². The number of imidazole rings is 1. The maximum atomic E-state index is 5.83. The lowest BCUT2D eigenvalue weighted by Crippen LogP contribution is -2.31. The van der Waals surface area contributed by atoms with Gasteiger partial charge in [0.25, 0.3) is 5.95 Å². The minimum Gasteiger partial charge on any atom is -0.535 e. The Balaban J connectivity index is 2.41. The van der Waals surface area contributed by atoms with Crippen LogP contribution in [0.4, 0.5) is 5.95 Å². The molecule has 0 fully saturated rings. The van der Waals surface area contributed by atoms with Gasteiger partial charge in [-0.05, 0) is 19.6 Å². The maximum Gasteiger partial charge on any atom is 0.254 e. The molecule has 0 unspecified atom stereocenters. The summed E-state index contributed by atoms with van der Waals surface area (Å²) in [5, 5.41) is 0. The van der Waals surface area contributed by atoms with E-state index in [1.54, 1.807) is 6.20 Å². The summed E-state index contributed by atoms with van der Waals surface area (Å²) in [6.45, 7) is 15.0. The zero-order chi connectivity index (χ0) is 15.8. The van der Waals surface area contributed by atoms with Gasteiger partial charge in [0.2, 0.25) is 8.32 Å². The van der Waals surface area contributed by atoms with Crippen molar-refractivity contribution in [1.29, 1.82) is 0 Å². The SMILES string of the molecule is C/C(=N/c1ncc2ncn([Si](C)(C)C)c2n1)O[Si](C)(C)C. The molecule has 6 nitrogen and oxygen atoms in total. The lowest BCUT2D eigenvalue weighted by Gasteiger charge is -2.18. The van der Waals surface area contributed by atoms with Gasteiger partial charge in [0, 0.05) is 6.92 Å². The molecule has 0 spiro atoms. The topological polar surface area (TPSA) is 65.2 Å².